The zero-order valence-electron chi connectivity index (χ0n) is 16.5. The molecule has 142 valence electrons. The molecule has 1 N–H and O–H groups in total. The summed E-state index contributed by atoms with van der Waals surface area (Å²) in [4.78, 5) is 38.0. The van der Waals surface area contributed by atoms with Crippen molar-refractivity contribution < 1.29 is 18.8 Å². The maximum absolute atomic E-state index is 12.6. The maximum atomic E-state index is 12.6. The van der Waals surface area contributed by atoms with Crippen LogP contribution in [-0.2, 0) is 18.8 Å². The van der Waals surface area contributed by atoms with Gasteiger partial charge in [0.15, 0.2) is 8.32 Å². The van der Waals surface area contributed by atoms with Crippen molar-refractivity contribution in [3.63, 3.8) is 0 Å². The second-order valence-electron chi connectivity index (χ2n) is 8.92. The van der Waals surface area contributed by atoms with Gasteiger partial charge in [-0.05, 0) is 31.5 Å². The van der Waals surface area contributed by atoms with Crippen LogP contribution in [0.3, 0.4) is 0 Å². The number of nitrogens with one attached hydrogen (secondary N) is 1. The smallest absolute Gasteiger partial charge is 0.234 e. The van der Waals surface area contributed by atoms with Crippen LogP contribution in [0.4, 0.5) is 0 Å². The quantitative estimate of drug-likeness (QED) is 0.597. The van der Waals surface area contributed by atoms with Crippen molar-refractivity contribution in [1.82, 2.24) is 10.2 Å². The molecule has 0 bridgehead atoms. The third kappa shape index (κ3) is 3.82. The van der Waals surface area contributed by atoms with Crippen LogP contribution < -0.4 is 5.32 Å². The largest absolute Gasteiger partial charge is 0.413 e. The summed E-state index contributed by atoms with van der Waals surface area (Å²) < 4.78 is 6.37. The lowest BCUT2D eigenvalue weighted by molar-refractivity contribution is -0.150. The summed E-state index contributed by atoms with van der Waals surface area (Å²) in [5, 5.41) is 2.91. The van der Waals surface area contributed by atoms with Crippen LogP contribution in [0.15, 0.2) is 0 Å². The molecule has 0 aromatic heterocycles. The Labute approximate surface area is 151 Å². The number of carbonyl (C=O) groups is 3. The monoisotopic (exact) mass is 368 g/mol. The first-order valence-electron chi connectivity index (χ1n) is 9.19. The Hall–Kier alpha value is -1.21. The average molecular weight is 369 g/mol. The molecule has 0 unspecified atom stereocenters. The van der Waals surface area contributed by atoms with Crippen molar-refractivity contribution in [3.8, 4) is 0 Å². The summed E-state index contributed by atoms with van der Waals surface area (Å²) in [6.07, 6.45) is 0.913. The Balaban J connectivity index is 2.06. The topological polar surface area (TPSA) is 75.7 Å². The van der Waals surface area contributed by atoms with Crippen molar-refractivity contribution in [2.24, 2.45) is 11.8 Å². The van der Waals surface area contributed by atoms with E-state index in [-0.39, 0.29) is 40.8 Å². The van der Waals surface area contributed by atoms with Gasteiger partial charge >= 0.3 is 0 Å². The second kappa shape index (κ2) is 6.83. The minimum atomic E-state index is -2.00. The van der Waals surface area contributed by atoms with Crippen LogP contribution in [0.25, 0.3) is 0 Å². The number of hydrogen-bond donors (Lipinski definition) is 1. The molecule has 2 saturated heterocycles. The molecule has 2 rings (SSSR count). The molecule has 3 amide bonds. The van der Waals surface area contributed by atoms with E-state index in [1.807, 2.05) is 6.92 Å². The van der Waals surface area contributed by atoms with Gasteiger partial charge < -0.3 is 9.74 Å². The molecule has 6 nitrogen and oxygen atoms in total. The number of likely N-dealkylation sites (tertiary alicyclic amines) is 1. The van der Waals surface area contributed by atoms with E-state index in [1.54, 1.807) is 6.92 Å². The van der Waals surface area contributed by atoms with Crippen molar-refractivity contribution >= 4 is 26.0 Å². The highest BCUT2D eigenvalue weighted by molar-refractivity contribution is 6.74. The van der Waals surface area contributed by atoms with Gasteiger partial charge in [-0.25, -0.2) is 0 Å². The van der Waals surface area contributed by atoms with Gasteiger partial charge in [0.1, 0.15) is 0 Å². The lowest BCUT2D eigenvalue weighted by atomic mass is 9.78. The summed E-state index contributed by atoms with van der Waals surface area (Å²) in [5.41, 5.74) is 0. The van der Waals surface area contributed by atoms with Crippen LogP contribution >= 0.6 is 0 Å². The molecule has 25 heavy (non-hydrogen) atoms. The molecule has 2 aliphatic heterocycles. The van der Waals surface area contributed by atoms with Crippen LogP contribution in [0, 0.1) is 11.8 Å². The Bertz CT molecular complexity index is 570. The van der Waals surface area contributed by atoms with Gasteiger partial charge in [0, 0.05) is 13.0 Å². The molecule has 2 heterocycles. The Kier molecular flexibility index (Phi) is 5.49. The van der Waals surface area contributed by atoms with E-state index in [0.717, 1.165) is 6.42 Å². The van der Waals surface area contributed by atoms with Crippen LogP contribution in [0.2, 0.25) is 18.1 Å². The van der Waals surface area contributed by atoms with Crippen molar-refractivity contribution in [1.29, 1.82) is 0 Å². The number of amides is 3. The normalized spacial score (nSPS) is 26.9. The Morgan fingerprint density at radius 2 is 1.88 bits per heavy atom. The molecular formula is C18H32N2O4Si. The third-order valence-electron chi connectivity index (χ3n) is 6.06. The second-order valence-corrected chi connectivity index (χ2v) is 13.7. The number of rotatable bonds is 5. The van der Waals surface area contributed by atoms with Gasteiger partial charge in [0.05, 0.1) is 24.0 Å². The summed E-state index contributed by atoms with van der Waals surface area (Å²) >= 11 is 0. The first-order chi connectivity index (χ1) is 11.4. The summed E-state index contributed by atoms with van der Waals surface area (Å²) in [5.74, 6) is -1.12. The Morgan fingerprint density at radius 3 is 2.32 bits per heavy atom. The molecule has 7 heteroatoms. The van der Waals surface area contributed by atoms with Gasteiger partial charge in [-0.1, -0.05) is 27.7 Å². The summed E-state index contributed by atoms with van der Waals surface area (Å²) in [6, 6.07) is -0.270. The molecule has 0 aromatic carbocycles. The highest BCUT2D eigenvalue weighted by Gasteiger charge is 2.51. The SMILES string of the molecule is C[C@@H](O[Si](C)(C)C(C)(C)C)[C@H]1C(=O)N[C@H]1[C@@H](C)C(=O)N1CCCC1=O. The number of carbonyl (C=O) groups excluding carboxylic acids is 3. The Morgan fingerprint density at radius 1 is 1.28 bits per heavy atom. The van der Waals surface area contributed by atoms with Crippen molar-refractivity contribution in [2.75, 3.05) is 6.54 Å². The number of β-lactam (4-membered cyclic amide) rings is 1. The van der Waals surface area contributed by atoms with E-state index < -0.39 is 14.2 Å². The lowest BCUT2D eigenvalue weighted by Crippen LogP contribution is -2.67. The standard InChI is InChI=1S/C18H32N2O4Si/c1-11(17(23)20-10-8-9-13(20)21)15-14(16(22)19-15)12(2)24-25(6,7)18(3,4)5/h11-12,14-15H,8-10H2,1-7H3,(H,19,22)/t11-,12-,14-,15+/m1/s1. The fraction of sp³-hybridized carbons (Fsp3) is 0.833. The van der Waals surface area contributed by atoms with E-state index in [2.05, 4.69) is 39.2 Å². The van der Waals surface area contributed by atoms with Crippen LogP contribution in [-0.4, -0.2) is 49.6 Å². The molecule has 0 radical (unpaired) electrons. The van der Waals surface area contributed by atoms with Gasteiger partial charge in [0.2, 0.25) is 17.7 Å². The van der Waals surface area contributed by atoms with Crippen molar-refractivity contribution in [2.45, 2.75) is 77.7 Å². The maximum Gasteiger partial charge on any atom is 0.234 e. The van der Waals surface area contributed by atoms with Crippen molar-refractivity contribution in [3.05, 3.63) is 0 Å². The van der Waals surface area contributed by atoms with Crippen LogP contribution in [0.5, 0.6) is 0 Å². The average Bonchev–Trinajstić information content (AvgIpc) is 2.87. The molecule has 4 atom stereocenters. The molecule has 0 aliphatic carbocycles. The van der Waals surface area contributed by atoms with Crippen LogP contribution in [0.1, 0.15) is 47.5 Å². The van der Waals surface area contributed by atoms with E-state index in [4.69, 9.17) is 4.43 Å². The summed E-state index contributed by atoms with van der Waals surface area (Å²) in [6.45, 7) is 15.0. The van der Waals surface area contributed by atoms with Gasteiger partial charge in [0.25, 0.3) is 0 Å². The van der Waals surface area contributed by atoms with E-state index >= 15 is 0 Å². The zero-order chi connectivity index (χ0) is 19.2. The number of imide groups is 1. The molecule has 0 spiro atoms. The molecular weight excluding hydrogens is 336 g/mol. The van der Waals surface area contributed by atoms with Gasteiger partial charge in [-0.15, -0.1) is 0 Å². The third-order valence-corrected chi connectivity index (χ3v) is 10.6. The first kappa shape index (κ1) is 20.1. The zero-order valence-corrected chi connectivity index (χ0v) is 17.5. The highest BCUT2D eigenvalue weighted by atomic mass is 28.4. The highest BCUT2D eigenvalue weighted by Crippen LogP contribution is 2.39. The molecule has 2 aliphatic rings. The molecule has 0 aromatic rings. The summed E-state index contributed by atoms with van der Waals surface area (Å²) in [7, 11) is -2.00. The molecule has 2 fully saturated rings. The number of nitrogens with zero attached hydrogens (tertiary/aromatic N) is 1. The lowest BCUT2D eigenvalue weighted by Gasteiger charge is -2.47. The number of hydrogen-bond acceptors (Lipinski definition) is 4. The van der Waals surface area contributed by atoms with E-state index in [1.165, 1.54) is 4.90 Å². The predicted octanol–water partition coefficient (Wildman–Crippen LogP) is 2.30. The van der Waals surface area contributed by atoms with E-state index in [9.17, 15) is 14.4 Å². The van der Waals surface area contributed by atoms with E-state index in [0.29, 0.717) is 13.0 Å². The van der Waals surface area contributed by atoms with Gasteiger partial charge in [-0.3, -0.25) is 19.3 Å². The first-order valence-corrected chi connectivity index (χ1v) is 12.1. The van der Waals surface area contributed by atoms with Gasteiger partial charge in [-0.2, -0.15) is 0 Å². The predicted molar refractivity (Wildman–Crippen MR) is 98.3 cm³/mol. The fourth-order valence-corrected chi connectivity index (χ4v) is 4.78. The minimum absolute atomic E-state index is 0.0559. The minimum Gasteiger partial charge on any atom is -0.413 e. The fourth-order valence-electron chi connectivity index (χ4n) is 3.35. The molecule has 0 saturated carbocycles.